The first-order chi connectivity index (χ1) is 12.3. The van der Waals surface area contributed by atoms with Crippen LogP contribution in [0.5, 0.6) is 11.5 Å². The number of benzene rings is 3. The third-order valence-corrected chi connectivity index (χ3v) is 4.94. The normalized spacial score (nSPS) is 16.5. The van der Waals surface area contributed by atoms with Crippen molar-refractivity contribution in [2.75, 3.05) is 20.3 Å². The topological polar surface area (TPSA) is 30.5 Å². The van der Waals surface area contributed by atoms with Gasteiger partial charge in [0.1, 0.15) is 0 Å². The van der Waals surface area contributed by atoms with Gasteiger partial charge in [0.2, 0.25) is 0 Å². The van der Waals surface area contributed by atoms with Gasteiger partial charge in [0, 0.05) is 12.1 Å². The van der Waals surface area contributed by atoms with Gasteiger partial charge < -0.3 is 14.8 Å². The highest BCUT2D eigenvalue weighted by atomic mass is 16.5. The highest BCUT2D eigenvalue weighted by Crippen LogP contribution is 2.41. The minimum absolute atomic E-state index is 0.167. The lowest BCUT2D eigenvalue weighted by Crippen LogP contribution is -2.31. The Morgan fingerprint density at radius 2 is 1.84 bits per heavy atom. The largest absolute Gasteiger partial charge is 0.493 e. The van der Waals surface area contributed by atoms with Crippen LogP contribution in [0.3, 0.4) is 0 Å². The lowest BCUT2D eigenvalue weighted by atomic mass is 9.87. The summed E-state index contributed by atoms with van der Waals surface area (Å²) >= 11 is 0. The summed E-state index contributed by atoms with van der Waals surface area (Å²) in [5.74, 6) is 1.72. The summed E-state index contributed by atoms with van der Waals surface area (Å²) in [7, 11) is 1.70. The zero-order valence-electron chi connectivity index (χ0n) is 14.7. The Labute approximate surface area is 148 Å². The van der Waals surface area contributed by atoms with Gasteiger partial charge in [-0.05, 0) is 41.3 Å². The van der Waals surface area contributed by atoms with E-state index in [-0.39, 0.29) is 6.04 Å². The molecule has 0 amide bonds. The first kappa shape index (κ1) is 16.0. The highest BCUT2D eigenvalue weighted by molar-refractivity contribution is 5.86. The van der Waals surface area contributed by atoms with Gasteiger partial charge in [0.25, 0.3) is 0 Å². The van der Waals surface area contributed by atoms with Crippen LogP contribution in [-0.4, -0.2) is 20.3 Å². The Kier molecular flexibility index (Phi) is 4.33. The number of hydrogen-bond donors (Lipinski definition) is 1. The second-order valence-electron chi connectivity index (χ2n) is 6.30. The predicted molar refractivity (Wildman–Crippen MR) is 102 cm³/mol. The molecule has 0 saturated heterocycles. The van der Waals surface area contributed by atoms with E-state index < -0.39 is 0 Å². The molecule has 3 heteroatoms. The van der Waals surface area contributed by atoms with E-state index in [1.807, 2.05) is 13.0 Å². The molecule has 3 nitrogen and oxygen atoms in total. The Hall–Kier alpha value is -2.52. The number of methoxy groups -OCH3 is 1. The summed E-state index contributed by atoms with van der Waals surface area (Å²) in [5, 5.41) is 6.26. The fourth-order valence-electron chi connectivity index (χ4n) is 3.84. The minimum atomic E-state index is 0.167. The fourth-order valence-corrected chi connectivity index (χ4v) is 3.84. The summed E-state index contributed by atoms with van der Waals surface area (Å²) < 4.78 is 11.5. The van der Waals surface area contributed by atoms with Crippen LogP contribution in [0.1, 0.15) is 29.7 Å². The second kappa shape index (κ2) is 6.77. The van der Waals surface area contributed by atoms with Crippen molar-refractivity contribution in [3.8, 4) is 11.5 Å². The van der Waals surface area contributed by atoms with E-state index in [0.717, 1.165) is 24.5 Å². The third kappa shape index (κ3) is 2.75. The molecule has 1 aliphatic rings. The van der Waals surface area contributed by atoms with E-state index in [0.29, 0.717) is 6.61 Å². The minimum Gasteiger partial charge on any atom is -0.493 e. The van der Waals surface area contributed by atoms with Gasteiger partial charge in [-0.1, -0.05) is 48.5 Å². The summed E-state index contributed by atoms with van der Waals surface area (Å²) in [6, 6.07) is 19.5. The maximum Gasteiger partial charge on any atom is 0.164 e. The molecule has 1 aliphatic heterocycles. The molecule has 1 atom stereocenters. The van der Waals surface area contributed by atoms with Crippen LogP contribution in [0.2, 0.25) is 0 Å². The first-order valence-electron chi connectivity index (χ1n) is 8.87. The van der Waals surface area contributed by atoms with E-state index in [2.05, 4.69) is 53.8 Å². The van der Waals surface area contributed by atoms with Crippen LogP contribution in [0, 0.1) is 0 Å². The molecule has 1 heterocycles. The van der Waals surface area contributed by atoms with Crippen LogP contribution in [0.25, 0.3) is 10.8 Å². The van der Waals surface area contributed by atoms with E-state index in [4.69, 9.17) is 9.47 Å². The molecule has 0 saturated carbocycles. The van der Waals surface area contributed by atoms with Crippen molar-refractivity contribution < 1.29 is 9.47 Å². The average Bonchev–Trinajstić information content (AvgIpc) is 2.67. The van der Waals surface area contributed by atoms with Gasteiger partial charge >= 0.3 is 0 Å². The van der Waals surface area contributed by atoms with Crippen molar-refractivity contribution in [1.29, 1.82) is 0 Å². The van der Waals surface area contributed by atoms with Gasteiger partial charge in [-0.15, -0.1) is 0 Å². The molecule has 4 rings (SSSR count). The van der Waals surface area contributed by atoms with Crippen molar-refractivity contribution in [1.82, 2.24) is 5.32 Å². The standard InChI is InChI=1S/C22H23NO2/c1-3-25-22-19-13-14-23-21(18(19)11-12-20(22)24-2)17-10-6-8-15-7-4-5-9-16(15)17/h4-12,21,23H,3,13-14H2,1-2H3. The molecule has 0 spiro atoms. The van der Waals surface area contributed by atoms with E-state index in [9.17, 15) is 0 Å². The summed E-state index contributed by atoms with van der Waals surface area (Å²) in [5.41, 5.74) is 3.86. The molecule has 1 N–H and O–H groups in total. The zero-order valence-corrected chi connectivity index (χ0v) is 14.7. The van der Waals surface area contributed by atoms with Crippen LogP contribution in [-0.2, 0) is 6.42 Å². The molecule has 0 aliphatic carbocycles. The van der Waals surface area contributed by atoms with Crippen LogP contribution >= 0.6 is 0 Å². The maximum absolute atomic E-state index is 5.95. The van der Waals surface area contributed by atoms with Gasteiger partial charge in [0.05, 0.1) is 19.8 Å². The second-order valence-corrected chi connectivity index (χ2v) is 6.30. The van der Waals surface area contributed by atoms with Crippen LogP contribution in [0.15, 0.2) is 54.6 Å². The first-order valence-corrected chi connectivity index (χ1v) is 8.87. The third-order valence-electron chi connectivity index (χ3n) is 4.94. The number of hydrogen-bond acceptors (Lipinski definition) is 3. The quantitative estimate of drug-likeness (QED) is 0.763. The molecule has 3 aromatic rings. The number of nitrogens with one attached hydrogen (secondary N) is 1. The maximum atomic E-state index is 5.95. The van der Waals surface area contributed by atoms with E-state index in [1.165, 1.54) is 27.5 Å². The van der Waals surface area contributed by atoms with E-state index >= 15 is 0 Å². The lowest BCUT2D eigenvalue weighted by molar-refractivity contribution is 0.305. The molecule has 0 radical (unpaired) electrons. The van der Waals surface area contributed by atoms with Crippen molar-refractivity contribution >= 4 is 10.8 Å². The molecule has 0 fully saturated rings. The Bertz CT molecular complexity index is 898. The fraction of sp³-hybridized carbons (Fsp3) is 0.273. The SMILES string of the molecule is CCOc1c(OC)ccc2c1CCNC2c1cccc2ccccc12. The monoisotopic (exact) mass is 333 g/mol. The van der Waals surface area contributed by atoms with Crippen molar-refractivity contribution in [2.24, 2.45) is 0 Å². The van der Waals surface area contributed by atoms with Crippen molar-refractivity contribution in [3.63, 3.8) is 0 Å². The van der Waals surface area contributed by atoms with Gasteiger partial charge in [-0.25, -0.2) is 0 Å². The van der Waals surface area contributed by atoms with Gasteiger partial charge in [0.15, 0.2) is 11.5 Å². The lowest BCUT2D eigenvalue weighted by Gasteiger charge is -2.30. The van der Waals surface area contributed by atoms with Crippen LogP contribution < -0.4 is 14.8 Å². The number of rotatable bonds is 4. The Morgan fingerprint density at radius 1 is 1.00 bits per heavy atom. The molecule has 0 aromatic heterocycles. The Morgan fingerprint density at radius 3 is 2.68 bits per heavy atom. The van der Waals surface area contributed by atoms with Gasteiger partial charge in [-0.3, -0.25) is 0 Å². The number of fused-ring (bicyclic) bond motifs is 2. The Balaban J connectivity index is 1.88. The molecule has 1 unspecified atom stereocenters. The number of ether oxygens (including phenoxy) is 2. The average molecular weight is 333 g/mol. The molecular formula is C22H23NO2. The van der Waals surface area contributed by atoms with E-state index in [1.54, 1.807) is 7.11 Å². The highest BCUT2D eigenvalue weighted by Gasteiger charge is 2.26. The predicted octanol–water partition coefficient (Wildman–Crippen LogP) is 4.48. The summed E-state index contributed by atoms with van der Waals surface area (Å²) in [6.07, 6.45) is 0.948. The molecule has 128 valence electrons. The smallest absolute Gasteiger partial charge is 0.164 e. The molecular weight excluding hydrogens is 310 g/mol. The molecule has 3 aromatic carbocycles. The molecule has 0 bridgehead atoms. The van der Waals surface area contributed by atoms with Crippen LogP contribution in [0.4, 0.5) is 0 Å². The summed E-state index contributed by atoms with van der Waals surface area (Å²) in [4.78, 5) is 0. The molecule has 25 heavy (non-hydrogen) atoms. The van der Waals surface area contributed by atoms with Gasteiger partial charge in [-0.2, -0.15) is 0 Å². The van der Waals surface area contributed by atoms with Crippen molar-refractivity contribution in [2.45, 2.75) is 19.4 Å². The van der Waals surface area contributed by atoms with Crippen molar-refractivity contribution in [3.05, 3.63) is 71.3 Å². The zero-order chi connectivity index (χ0) is 17.2. The summed E-state index contributed by atoms with van der Waals surface area (Å²) in [6.45, 7) is 3.58.